The molecule has 0 radical (unpaired) electrons. The number of benzene rings is 3. The van der Waals surface area contributed by atoms with Gasteiger partial charge in [0.2, 0.25) is 5.91 Å². The van der Waals surface area contributed by atoms with E-state index in [1.165, 1.54) is 12.1 Å². The van der Waals surface area contributed by atoms with Crippen molar-refractivity contribution in [2.75, 3.05) is 9.91 Å². The van der Waals surface area contributed by atoms with Crippen molar-refractivity contribution in [2.45, 2.75) is 18.4 Å². The van der Waals surface area contributed by atoms with Gasteiger partial charge in [-0.1, -0.05) is 59.6 Å². The number of fused-ring (bicyclic) bond motifs is 1. The quantitative estimate of drug-likeness (QED) is 0.541. The summed E-state index contributed by atoms with van der Waals surface area (Å²) in [6, 6.07) is 20.3. The molecular formula is C23H19Cl2N3O3. The van der Waals surface area contributed by atoms with Crippen molar-refractivity contribution in [3.8, 4) is 0 Å². The van der Waals surface area contributed by atoms with E-state index in [1.807, 2.05) is 60.7 Å². The van der Waals surface area contributed by atoms with E-state index in [0.29, 0.717) is 27.6 Å². The zero-order valence-corrected chi connectivity index (χ0v) is 17.8. The summed E-state index contributed by atoms with van der Waals surface area (Å²) in [4.78, 5) is 27.4. The minimum absolute atomic E-state index is 0.0326. The summed E-state index contributed by atoms with van der Waals surface area (Å²) >= 11 is 12.6. The molecule has 0 fully saturated rings. The molecule has 2 unspecified atom stereocenters. The number of carbonyl (C=O) groups is 2. The van der Waals surface area contributed by atoms with Gasteiger partial charge in [0.25, 0.3) is 0 Å². The molecule has 0 aromatic heterocycles. The number of nitrogens with zero attached hydrogens (tertiary/aromatic N) is 2. The molecule has 0 saturated carbocycles. The van der Waals surface area contributed by atoms with Gasteiger partial charge in [-0.25, -0.2) is 10.6 Å². The van der Waals surface area contributed by atoms with Crippen molar-refractivity contribution in [3.63, 3.8) is 0 Å². The van der Waals surface area contributed by atoms with E-state index in [2.05, 4.69) is 0 Å². The normalized spacial score (nSPS) is 17.7. The number of carboxylic acid groups (broad SMARTS) is 1. The van der Waals surface area contributed by atoms with Crippen molar-refractivity contribution in [2.24, 2.45) is 5.84 Å². The molecule has 1 aliphatic rings. The topological polar surface area (TPSA) is 86.9 Å². The molecule has 31 heavy (non-hydrogen) atoms. The van der Waals surface area contributed by atoms with Crippen LogP contribution >= 0.6 is 23.2 Å². The molecule has 1 heterocycles. The van der Waals surface area contributed by atoms with Crippen LogP contribution < -0.4 is 15.8 Å². The maximum Gasteiger partial charge on any atom is 0.327 e. The van der Waals surface area contributed by atoms with E-state index < -0.39 is 17.9 Å². The molecule has 0 spiro atoms. The monoisotopic (exact) mass is 455 g/mol. The Morgan fingerprint density at radius 2 is 1.52 bits per heavy atom. The number of hydrogen-bond acceptors (Lipinski definition) is 4. The summed E-state index contributed by atoms with van der Waals surface area (Å²) in [6.45, 7) is 0. The van der Waals surface area contributed by atoms with Gasteiger partial charge in [0.15, 0.2) is 0 Å². The number of nitrogens with two attached hydrogens (primary N) is 1. The number of hydrogen-bond donors (Lipinski definition) is 2. The predicted molar refractivity (Wildman–Crippen MR) is 122 cm³/mol. The number of amides is 1. The van der Waals surface area contributed by atoms with Crippen molar-refractivity contribution >= 4 is 52.1 Å². The van der Waals surface area contributed by atoms with Gasteiger partial charge in [0.05, 0.1) is 11.6 Å². The van der Waals surface area contributed by atoms with E-state index in [4.69, 9.17) is 29.0 Å². The van der Waals surface area contributed by atoms with Crippen molar-refractivity contribution in [3.05, 3.63) is 88.4 Å². The molecule has 4 rings (SSSR count). The third-order valence-electron chi connectivity index (χ3n) is 5.33. The predicted octanol–water partition coefficient (Wildman–Crippen LogP) is 4.98. The van der Waals surface area contributed by atoms with Crippen molar-refractivity contribution in [1.29, 1.82) is 0 Å². The van der Waals surface area contributed by atoms with Crippen LogP contribution in [0.4, 0.5) is 17.1 Å². The smallest absolute Gasteiger partial charge is 0.327 e. The lowest BCUT2D eigenvalue weighted by Gasteiger charge is -2.39. The summed E-state index contributed by atoms with van der Waals surface area (Å²) in [5.74, 6) is 3.83. The van der Waals surface area contributed by atoms with E-state index >= 15 is 0 Å². The number of carboxylic acids is 1. The molecule has 1 aliphatic heterocycles. The Labute approximate surface area is 189 Å². The number of hydrazine groups is 1. The molecule has 8 heteroatoms. The lowest BCUT2D eigenvalue weighted by molar-refractivity contribution is -0.139. The van der Waals surface area contributed by atoms with E-state index in [0.717, 1.165) is 5.01 Å². The number of carbonyl (C=O) groups excluding carboxylic acids is 1. The van der Waals surface area contributed by atoms with Gasteiger partial charge in [-0.05, 0) is 42.8 Å². The average Bonchev–Trinajstić information content (AvgIpc) is 2.75. The van der Waals surface area contributed by atoms with Crippen LogP contribution in [-0.4, -0.2) is 23.0 Å². The van der Waals surface area contributed by atoms with E-state index in [9.17, 15) is 14.7 Å². The van der Waals surface area contributed by atoms with Crippen LogP contribution in [0, 0.1) is 0 Å². The van der Waals surface area contributed by atoms with Crippen LogP contribution in [0.5, 0.6) is 0 Å². The van der Waals surface area contributed by atoms with Crippen LogP contribution in [0.2, 0.25) is 10.0 Å². The molecule has 0 aliphatic carbocycles. The summed E-state index contributed by atoms with van der Waals surface area (Å²) in [5, 5.41) is 11.4. The lowest BCUT2D eigenvalue weighted by Crippen LogP contribution is -2.52. The molecule has 3 aromatic rings. The molecular weight excluding hydrogens is 437 g/mol. The average molecular weight is 456 g/mol. The first-order valence-electron chi connectivity index (χ1n) is 9.58. The van der Waals surface area contributed by atoms with E-state index in [-0.39, 0.29) is 17.4 Å². The van der Waals surface area contributed by atoms with Gasteiger partial charge in [-0.3, -0.25) is 14.7 Å². The Bertz CT molecular complexity index is 1090. The summed E-state index contributed by atoms with van der Waals surface area (Å²) < 4.78 is 0. The Balaban J connectivity index is 1.87. The third-order valence-corrected chi connectivity index (χ3v) is 5.86. The molecule has 0 bridgehead atoms. The largest absolute Gasteiger partial charge is 0.480 e. The first-order valence-corrected chi connectivity index (χ1v) is 10.3. The third kappa shape index (κ3) is 3.97. The minimum atomic E-state index is -1.13. The molecule has 158 valence electrons. The SMILES string of the molecule is NN1c2cc(Cl)cc(Cl)c2C(C(=O)N(c2ccccc2)c2ccccc2)CC1C(=O)O. The van der Waals surface area contributed by atoms with Gasteiger partial charge < -0.3 is 5.11 Å². The van der Waals surface area contributed by atoms with Gasteiger partial charge in [-0.2, -0.15) is 0 Å². The second-order valence-corrected chi connectivity index (χ2v) is 8.06. The Hall–Kier alpha value is -3.06. The van der Waals surface area contributed by atoms with Crippen LogP contribution in [0.1, 0.15) is 17.9 Å². The number of para-hydroxylation sites is 2. The van der Waals surface area contributed by atoms with Gasteiger partial charge in [0.1, 0.15) is 6.04 Å². The Morgan fingerprint density at radius 1 is 0.968 bits per heavy atom. The summed E-state index contributed by atoms with van der Waals surface area (Å²) in [5.41, 5.74) is 2.11. The molecule has 3 aromatic carbocycles. The van der Waals surface area contributed by atoms with Crippen molar-refractivity contribution < 1.29 is 14.7 Å². The highest BCUT2D eigenvalue weighted by Crippen LogP contribution is 2.45. The highest BCUT2D eigenvalue weighted by atomic mass is 35.5. The number of aliphatic carboxylic acids is 1. The van der Waals surface area contributed by atoms with Gasteiger partial charge >= 0.3 is 5.97 Å². The molecule has 2 atom stereocenters. The molecule has 1 amide bonds. The van der Waals surface area contributed by atoms with E-state index in [1.54, 1.807) is 4.90 Å². The zero-order valence-electron chi connectivity index (χ0n) is 16.3. The maximum absolute atomic E-state index is 14.0. The summed E-state index contributed by atoms with van der Waals surface area (Å²) in [6.07, 6.45) is -0.0326. The number of rotatable bonds is 4. The second-order valence-electron chi connectivity index (χ2n) is 7.21. The van der Waals surface area contributed by atoms with Gasteiger partial charge in [0, 0.05) is 27.0 Å². The number of halogens is 2. The molecule has 0 saturated heterocycles. The fraction of sp³-hybridized carbons (Fsp3) is 0.130. The lowest BCUT2D eigenvalue weighted by atomic mass is 9.85. The molecule has 6 nitrogen and oxygen atoms in total. The fourth-order valence-corrected chi connectivity index (χ4v) is 4.52. The Kier molecular flexibility index (Phi) is 5.87. The first kappa shape index (κ1) is 21.2. The zero-order chi connectivity index (χ0) is 22.1. The fourth-order valence-electron chi connectivity index (χ4n) is 3.91. The highest BCUT2D eigenvalue weighted by Gasteiger charge is 2.42. The molecule has 3 N–H and O–H groups in total. The Morgan fingerprint density at radius 3 is 2.03 bits per heavy atom. The van der Waals surface area contributed by atoms with Gasteiger partial charge in [-0.15, -0.1) is 0 Å². The summed E-state index contributed by atoms with van der Waals surface area (Å²) in [7, 11) is 0. The van der Waals surface area contributed by atoms with Crippen molar-refractivity contribution in [1.82, 2.24) is 0 Å². The maximum atomic E-state index is 14.0. The number of anilines is 3. The first-order chi connectivity index (χ1) is 14.9. The standard InChI is InChI=1S/C23H19Cl2N3O3/c24-14-11-18(25)21-17(13-20(23(30)31)28(26)19(21)12-14)22(29)27(15-7-3-1-4-8-15)16-9-5-2-6-10-16/h1-12,17,20H,13,26H2,(H,30,31). The highest BCUT2D eigenvalue weighted by molar-refractivity contribution is 6.36. The van der Waals surface area contributed by atoms with Crippen LogP contribution in [0.3, 0.4) is 0 Å². The van der Waals surface area contributed by atoms with Crippen LogP contribution in [-0.2, 0) is 9.59 Å². The minimum Gasteiger partial charge on any atom is -0.480 e. The second kappa shape index (κ2) is 8.59. The van der Waals surface area contributed by atoms with Crippen LogP contribution in [0.25, 0.3) is 0 Å². The van der Waals surface area contributed by atoms with Crippen LogP contribution in [0.15, 0.2) is 72.8 Å².